The van der Waals surface area contributed by atoms with E-state index in [0.29, 0.717) is 23.9 Å². The van der Waals surface area contributed by atoms with Gasteiger partial charge >= 0.3 is 157 Å². The van der Waals surface area contributed by atoms with E-state index in [1.165, 1.54) is 128 Å². The zero-order valence-electron chi connectivity index (χ0n) is 36.8. The van der Waals surface area contributed by atoms with Crippen LogP contribution in [-0.4, -0.2) is 45.5 Å². The van der Waals surface area contributed by atoms with E-state index in [2.05, 4.69) is 23.2 Å². The Kier molecular flexibility index (Phi) is 75.1. The summed E-state index contributed by atoms with van der Waals surface area (Å²) in [5, 5.41) is 14.6. The first-order valence-electron chi connectivity index (χ1n) is 18.6. The zero-order chi connectivity index (χ0) is 40.7. The predicted molar refractivity (Wildman–Crippen MR) is 216 cm³/mol. The third-order valence-corrected chi connectivity index (χ3v) is 9.94. The molecule has 316 valence electrons. The van der Waals surface area contributed by atoms with E-state index >= 15 is 0 Å². The molecule has 1 atom stereocenters. The molecule has 0 saturated carbocycles. The van der Waals surface area contributed by atoms with Crippen molar-refractivity contribution in [2.24, 2.45) is 0 Å². The number of halogens is 1. The van der Waals surface area contributed by atoms with E-state index in [1.54, 1.807) is 36.4 Å². The Morgan fingerprint density at radius 2 is 0.864 bits per heavy atom. The Hall–Kier alpha value is 3.57. The molecule has 2 aromatic rings. The molecule has 59 heavy (non-hydrogen) atoms. The van der Waals surface area contributed by atoms with Crippen molar-refractivity contribution in [2.45, 2.75) is 152 Å². The van der Waals surface area contributed by atoms with Crippen LogP contribution in [-0.2, 0) is 48.9 Å². The molecule has 0 aliphatic rings. The molecule has 0 amide bonds. The summed E-state index contributed by atoms with van der Waals surface area (Å²) < 4.78 is 85.6. The molecule has 0 aliphatic carbocycles. The van der Waals surface area contributed by atoms with Crippen LogP contribution in [0.1, 0.15) is 142 Å². The maximum absolute atomic E-state index is 11.1. The molecule has 0 heterocycles. The topological polar surface area (TPSA) is 206 Å². The van der Waals surface area contributed by atoms with Gasteiger partial charge in [-0.1, -0.05) is 139 Å². The monoisotopic (exact) mass is 980 g/mol. The van der Waals surface area contributed by atoms with Crippen molar-refractivity contribution in [1.29, 1.82) is 0 Å². The normalized spacial score (nSPS) is 10.4. The summed E-state index contributed by atoms with van der Waals surface area (Å²) in [6, 6.07) is 12.8. The summed E-state index contributed by atoms with van der Waals surface area (Å²) in [4.78, 5) is 0.400. The van der Waals surface area contributed by atoms with E-state index in [9.17, 15) is 17.2 Å². The maximum atomic E-state index is 11.1. The van der Waals surface area contributed by atoms with Crippen LogP contribution in [0.4, 0.5) is 0 Å². The first-order valence-corrected chi connectivity index (χ1v) is 24.0. The maximum Gasteiger partial charge on any atom is 1.00 e. The largest absolute Gasteiger partial charge is 1.00 e. The van der Waals surface area contributed by atoms with Crippen molar-refractivity contribution in [3.8, 4) is 11.5 Å². The van der Waals surface area contributed by atoms with E-state index in [0.717, 1.165) is 18.6 Å². The SMILES string of the molecule is CCCCCCCCCCCCOc1ccc(S(=O)(=O)Cl)cc1.CCCCCCCCCCCCOc1ccc(S(=O)[O-])cc1.O=[S-](=O)O.OO[PH2+]OO.[Na+].[Na+].[Na+].[Na+].[Na+]. The molecule has 0 spiro atoms. The fraction of sp³-hybridized carbons (Fsp3) is 0.667. The van der Waals surface area contributed by atoms with Gasteiger partial charge in [0.2, 0.25) is 0 Å². The van der Waals surface area contributed by atoms with Crippen molar-refractivity contribution >= 4 is 50.8 Å². The Morgan fingerprint density at radius 1 is 0.593 bits per heavy atom. The molecule has 0 aliphatic heterocycles. The molecule has 0 aromatic heterocycles. The van der Waals surface area contributed by atoms with E-state index in [1.807, 2.05) is 0 Å². The zero-order valence-corrected chi connectivity index (χ0v) is 51.1. The first-order chi connectivity index (χ1) is 25.9. The number of unbranched alkanes of at least 4 members (excludes halogenated alkanes) is 18. The summed E-state index contributed by atoms with van der Waals surface area (Å²) in [7, 11) is -2.32. The third kappa shape index (κ3) is 57.6. The van der Waals surface area contributed by atoms with Gasteiger partial charge in [0.05, 0.1) is 18.1 Å². The number of ether oxygens (including phenoxy) is 2. The van der Waals surface area contributed by atoms with E-state index in [4.69, 9.17) is 43.6 Å². The molecule has 2 aromatic carbocycles. The second kappa shape index (κ2) is 57.7. The van der Waals surface area contributed by atoms with Gasteiger partial charge in [-0.2, -0.15) is 0 Å². The Balaban J connectivity index is -0.000000142. The van der Waals surface area contributed by atoms with Crippen molar-refractivity contribution in [3.05, 3.63) is 48.5 Å². The summed E-state index contributed by atoms with van der Waals surface area (Å²) in [6.45, 7) is 5.87. The molecule has 0 fully saturated rings. The average Bonchev–Trinajstić information content (AvgIpc) is 3.13. The van der Waals surface area contributed by atoms with Crippen LogP contribution in [0, 0.1) is 0 Å². The fourth-order valence-electron chi connectivity index (χ4n) is 4.92. The molecule has 0 radical (unpaired) electrons. The average molecular weight is 981 g/mol. The van der Waals surface area contributed by atoms with Crippen LogP contribution >= 0.6 is 19.7 Å². The number of benzene rings is 2. The van der Waals surface area contributed by atoms with Gasteiger partial charge < -0.3 is 27.0 Å². The van der Waals surface area contributed by atoms with Gasteiger partial charge in [0, 0.05) is 26.6 Å². The van der Waals surface area contributed by atoms with Gasteiger partial charge in [0.25, 0.3) is 9.05 Å². The molecule has 2 rings (SSSR count). The molecule has 0 bridgehead atoms. The van der Waals surface area contributed by atoms with Gasteiger partial charge in [-0.05, 0) is 72.5 Å². The molecular weight excluding hydrogens is 918 g/mol. The molecule has 1 unspecified atom stereocenters. The van der Waals surface area contributed by atoms with Crippen LogP contribution in [0.15, 0.2) is 58.3 Å². The van der Waals surface area contributed by atoms with Gasteiger partial charge in [0.1, 0.15) is 11.5 Å². The van der Waals surface area contributed by atoms with Crippen LogP contribution in [0.2, 0.25) is 0 Å². The third-order valence-electron chi connectivity index (χ3n) is 7.74. The van der Waals surface area contributed by atoms with Gasteiger partial charge in [-0.3, -0.25) is 4.21 Å². The summed E-state index contributed by atoms with van der Waals surface area (Å²) in [6.07, 6.45) is 26.0. The van der Waals surface area contributed by atoms with E-state index < -0.39 is 40.2 Å². The molecule has 3 N–H and O–H groups in total. The molecule has 23 heteroatoms. The predicted octanol–water partition coefficient (Wildman–Crippen LogP) is -3.87. The molecular formula is C36H63ClNa5O13PS3+4. The van der Waals surface area contributed by atoms with Crippen LogP contribution in [0.3, 0.4) is 0 Å². The fourth-order valence-corrected chi connectivity index (χ4v) is 6.09. The molecule has 0 saturated heterocycles. The minimum atomic E-state index is -3.65. The van der Waals surface area contributed by atoms with Crippen molar-refractivity contribution < 1.29 is 207 Å². The summed E-state index contributed by atoms with van der Waals surface area (Å²) >= 11 is -2.16. The Bertz CT molecular complexity index is 1330. The van der Waals surface area contributed by atoms with Gasteiger partial charge in [-0.15, -0.1) is 0 Å². The van der Waals surface area contributed by atoms with Crippen LogP contribution in [0.25, 0.3) is 0 Å². The van der Waals surface area contributed by atoms with Crippen molar-refractivity contribution in [3.63, 3.8) is 0 Å². The van der Waals surface area contributed by atoms with Gasteiger partial charge in [-0.25, -0.2) is 18.9 Å². The second-order valence-electron chi connectivity index (χ2n) is 12.2. The Morgan fingerprint density at radius 3 is 1.10 bits per heavy atom. The standard InChI is InChI=1S/C18H29ClO3S.C18H30O3S.5Na.H3O4P.HO3S/c1-2-3-4-5-6-7-8-9-10-11-16-22-17-12-14-18(15-13-17)23(19,20)21;1-2-3-4-5-6-7-8-9-10-11-16-21-17-12-14-18(15-13-17)22(19)20;;;;;;1-3-5-4-2;1-4(2)3/h12-15H,2-11,16H2,1H3;12-15H,2-11,16H2,1H3,(H,19,20);;;;;;5H2,(H-,1,2);(H,1,2,3)/q;;5*+1;;-1. The number of rotatable bonds is 28. The number of hydrogen-bond donors (Lipinski definition) is 3. The number of hydrogen-bond acceptors (Lipinski definition) is 13. The minimum absolute atomic E-state index is 0. The van der Waals surface area contributed by atoms with Crippen molar-refractivity contribution in [1.82, 2.24) is 0 Å². The van der Waals surface area contributed by atoms with Crippen molar-refractivity contribution in [2.75, 3.05) is 13.2 Å². The van der Waals surface area contributed by atoms with Crippen LogP contribution in [0.5, 0.6) is 11.5 Å². The smallest absolute Gasteiger partial charge is 0.768 e. The quantitative estimate of drug-likeness (QED) is 0.00861. The minimum Gasteiger partial charge on any atom is -0.768 e. The second-order valence-corrected chi connectivity index (χ2v) is 16.8. The molecule has 13 nitrogen and oxygen atoms in total. The van der Waals surface area contributed by atoms with Crippen LogP contribution < -0.4 is 157 Å². The Labute approximate surface area is 476 Å². The van der Waals surface area contributed by atoms with Gasteiger partial charge in [0.15, 0.2) is 0 Å². The summed E-state index contributed by atoms with van der Waals surface area (Å²) in [5.74, 6) is 1.43. The summed E-state index contributed by atoms with van der Waals surface area (Å²) in [5.41, 5.74) is 0. The van der Waals surface area contributed by atoms with E-state index in [-0.39, 0.29) is 153 Å². The first kappa shape index (κ1) is 76.8.